The molecule has 2 amide bonds. The van der Waals surface area contributed by atoms with Crippen LogP contribution in [0.1, 0.15) is 27.0 Å². The number of carbonyl (C=O) groups is 2. The molecule has 1 aliphatic heterocycles. The zero-order chi connectivity index (χ0) is 17.3. The predicted molar refractivity (Wildman–Crippen MR) is 89.0 cm³/mol. The minimum atomic E-state index is -0.747. The monoisotopic (exact) mass is 320 g/mol. The molecule has 0 bridgehead atoms. The molecule has 1 aliphatic rings. The Morgan fingerprint density at radius 3 is 2.79 bits per heavy atom. The highest BCUT2D eigenvalue weighted by atomic mass is 16.2. The zero-order valence-corrected chi connectivity index (χ0v) is 12.9. The van der Waals surface area contributed by atoms with Crippen molar-refractivity contribution < 1.29 is 9.59 Å². The molecule has 2 aromatic rings. The summed E-state index contributed by atoms with van der Waals surface area (Å²) in [6, 6.07) is 13.7. The number of fused-ring (bicyclic) bond motifs is 1. The van der Waals surface area contributed by atoms with Gasteiger partial charge in [0, 0.05) is 11.3 Å². The van der Waals surface area contributed by atoms with Gasteiger partial charge in [0.1, 0.15) is 0 Å². The lowest BCUT2D eigenvalue weighted by Gasteiger charge is -2.15. The fraction of sp³-hybridized carbons (Fsp3) is 0.167. The van der Waals surface area contributed by atoms with Crippen LogP contribution in [-0.2, 0) is 17.8 Å². The molecular formula is C18H16N4O2. The molecule has 2 aromatic carbocycles. The van der Waals surface area contributed by atoms with Crippen molar-refractivity contribution in [1.82, 2.24) is 0 Å². The largest absolute Gasteiger partial charge is 0.368 e. The summed E-state index contributed by atoms with van der Waals surface area (Å²) in [6.07, 6.45) is 0.334. The van der Waals surface area contributed by atoms with Gasteiger partial charge in [0.05, 0.1) is 24.2 Å². The molecule has 0 unspecified atom stereocenters. The van der Waals surface area contributed by atoms with E-state index in [1.165, 1.54) is 0 Å². The molecular weight excluding hydrogens is 304 g/mol. The Balaban J connectivity index is 1.87. The van der Waals surface area contributed by atoms with Crippen LogP contribution in [0.4, 0.5) is 5.69 Å². The number of amides is 2. The molecule has 1 atom stereocenters. The van der Waals surface area contributed by atoms with E-state index in [1.54, 1.807) is 41.3 Å². The van der Waals surface area contributed by atoms with Crippen LogP contribution in [0.25, 0.3) is 0 Å². The number of benzene rings is 2. The first-order valence-corrected chi connectivity index (χ1v) is 7.48. The van der Waals surface area contributed by atoms with Gasteiger partial charge in [-0.3, -0.25) is 9.59 Å². The number of nitrogens with zero attached hydrogens (tertiary/aromatic N) is 2. The summed E-state index contributed by atoms with van der Waals surface area (Å²) in [4.78, 5) is 25.3. The van der Waals surface area contributed by atoms with Crippen LogP contribution in [0.2, 0.25) is 0 Å². The molecule has 6 nitrogen and oxygen atoms in total. The van der Waals surface area contributed by atoms with Gasteiger partial charge in [0.15, 0.2) is 0 Å². The fourth-order valence-corrected chi connectivity index (χ4v) is 2.81. The third-order valence-electron chi connectivity index (χ3n) is 4.08. The van der Waals surface area contributed by atoms with Gasteiger partial charge in [-0.1, -0.05) is 18.2 Å². The maximum absolute atomic E-state index is 12.6. The Hall–Kier alpha value is -3.17. The molecule has 0 aliphatic carbocycles. The van der Waals surface area contributed by atoms with E-state index >= 15 is 0 Å². The quantitative estimate of drug-likeness (QED) is 0.877. The third kappa shape index (κ3) is 2.85. The van der Waals surface area contributed by atoms with E-state index in [1.807, 2.05) is 6.07 Å². The van der Waals surface area contributed by atoms with Crippen LogP contribution in [0.5, 0.6) is 0 Å². The van der Waals surface area contributed by atoms with Gasteiger partial charge in [-0.2, -0.15) is 5.26 Å². The van der Waals surface area contributed by atoms with Crippen molar-refractivity contribution in [2.75, 3.05) is 4.90 Å². The normalized spacial score (nSPS) is 14.2. The maximum atomic E-state index is 12.6. The topological polar surface area (TPSA) is 113 Å². The van der Waals surface area contributed by atoms with Crippen molar-refractivity contribution in [1.29, 1.82) is 5.26 Å². The van der Waals surface area contributed by atoms with Crippen LogP contribution in [0, 0.1) is 11.3 Å². The van der Waals surface area contributed by atoms with E-state index in [2.05, 4.69) is 6.07 Å². The van der Waals surface area contributed by atoms with Crippen molar-refractivity contribution in [2.45, 2.75) is 19.0 Å². The highest BCUT2D eigenvalue weighted by Crippen LogP contribution is 2.29. The molecule has 0 saturated heterocycles. The van der Waals surface area contributed by atoms with Crippen LogP contribution in [0.3, 0.4) is 0 Å². The number of hydrogen-bond acceptors (Lipinski definition) is 4. The smallest absolute Gasteiger partial charge is 0.258 e. The molecule has 6 heteroatoms. The Kier molecular flexibility index (Phi) is 4.02. The summed E-state index contributed by atoms with van der Waals surface area (Å²) in [7, 11) is 0. The number of anilines is 1. The van der Waals surface area contributed by atoms with Crippen molar-refractivity contribution in [3.05, 3.63) is 64.7 Å². The summed E-state index contributed by atoms with van der Waals surface area (Å²) >= 11 is 0. The molecule has 1 heterocycles. The summed E-state index contributed by atoms with van der Waals surface area (Å²) in [5, 5.41) is 9.01. The Labute approximate surface area is 139 Å². The van der Waals surface area contributed by atoms with Gasteiger partial charge in [0.2, 0.25) is 5.91 Å². The Morgan fingerprint density at radius 1 is 1.29 bits per heavy atom. The molecule has 4 N–H and O–H groups in total. The van der Waals surface area contributed by atoms with Crippen LogP contribution < -0.4 is 16.4 Å². The first-order chi connectivity index (χ1) is 11.5. The lowest BCUT2D eigenvalue weighted by Crippen LogP contribution is -2.38. The van der Waals surface area contributed by atoms with Gasteiger partial charge >= 0.3 is 0 Å². The van der Waals surface area contributed by atoms with E-state index in [-0.39, 0.29) is 5.91 Å². The predicted octanol–water partition coefficient (Wildman–Crippen LogP) is 1.07. The Morgan fingerprint density at radius 2 is 2.08 bits per heavy atom. The molecule has 0 saturated carbocycles. The number of primary amides is 1. The number of carbonyl (C=O) groups excluding carboxylic acids is 2. The van der Waals surface area contributed by atoms with E-state index in [4.69, 9.17) is 16.7 Å². The van der Waals surface area contributed by atoms with Gasteiger partial charge in [-0.05, 0) is 41.8 Å². The standard InChI is InChI=1S/C18H16N4O2/c19-9-12-2-1-3-14(7-12)22-10-13-6-11(8-16(20)17(21)23)4-5-15(13)18(22)24/h1-7,16H,8,10,20H2,(H2,21,23)/t16-/m0/s1. The summed E-state index contributed by atoms with van der Waals surface area (Å²) in [6.45, 7) is 0.419. The van der Waals surface area contributed by atoms with Gasteiger partial charge < -0.3 is 16.4 Å². The van der Waals surface area contributed by atoms with Crippen LogP contribution in [-0.4, -0.2) is 17.9 Å². The van der Waals surface area contributed by atoms with E-state index in [0.717, 1.165) is 11.1 Å². The molecule has 0 spiro atoms. The zero-order valence-electron chi connectivity index (χ0n) is 12.9. The first kappa shape index (κ1) is 15.7. The number of hydrogen-bond donors (Lipinski definition) is 2. The minimum Gasteiger partial charge on any atom is -0.368 e. The van der Waals surface area contributed by atoms with Gasteiger partial charge in [0.25, 0.3) is 5.91 Å². The van der Waals surface area contributed by atoms with Crippen LogP contribution >= 0.6 is 0 Å². The van der Waals surface area contributed by atoms with Crippen molar-refractivity contribution in [3.8, 4) is 6.07 Å². The average Bonchev–Trinajstić information content (AvgIpc) is 2.91. The highest BCUT2D eigenvalue weighted by molar-refractivity contribution is 6.10. The summed E-state index contributed by atoms with van der Waals surface area (Å²) in [5.74, 6) is -0.660. The SMILES string of the molecule is N#Cc1cccc(N2Cc3cc(C[C@H](N)C(N)=O)ccc3C2=O)c1. The van der Waals surface area contributed by atoms with Crippen LogP contribution in [0.15, 0.2) is 42.5 Å². The van der Waals surface area contributed by atoms with E-state index in [0.29, 0.717) is 29.8 Å². The second kappa shape index (κ2) is 6.14. The molecule has 0 fully saturated rings. The molecule has 0 aromatic heterocycles. The Bertz CT molecular complexity index is 870. The molecule has 120 valence electrons. The van der Waals surface area contributed by atoms with Crippen molar-refractivity contribution >= 4 is 17.5 Å². The minimum absolute atomic E-state index is 0.106. The van der Waals surface area contributed by atoms with E-state index < -0.39 is 11.9 Å². The molecule has 3 rings (SSSR count). The van der Waals surface area contributed by atoms with Gasteiger partial charge in [-0.15, -0.1) is 0 Å². The second-order valence-corrected chi connectivity index (χ2v) is 5.76. The number of rotatable bonds is 4. The fourth-order valence-electron chi connectivity index (χ4n) is 2.81. The third-order valence-corrected chi connectivity index (χ3v) is 4.08. The van der Waals surface area contributed by atoms with Gasteiger partial charge in [-0.25, -0.2) is 0 Å². The number of nitriles is 1. The lowest BCUT2D eigenvalue weighted by atomic mass is 10.0. The summed E-state index contributed by atoms with van der Waals surface area (Å²) < 4.78 is 0. The van der Waals surface area contributed by atoms with E-state index in [9.17, 15) is 9.59 Å². The summed E-state index contributed by atoms with van der Waals surface area (Å²) in [5.41, 5.74) is 14.4. The number of nitrogens with two attached hydrogens (primary N) is 2. The molecule has 0 radical (unpaired) electrons. The van der Waals surface area contributed by atoms with Crippen molar-refractivity contribution in [2.24, 2.45) is 11.5 Å². The second-order valence-electron chi connectivity index (χ2n) is 5.76. The molecule has 24 heavy (non-hydrogen) atoms. The first-order valence-electron chi connectivity index (χ1n) is 7.48. The maximum Gasteiger partial charge on any atom is 0.258 e. The average molecular weight is 320 g/mol. The lowest BCUT2D eigenvalue weighted by molar-refractivity contribution is -0.119. The highest BCUT2D eigenvalue weighted by Gasteiger charge is 2.29. The van der Waals surface area contributed by atoms with Crippen molar-refractivity contribution in [3.63, 3.8) is 0 Å².